The Hall–Kier alpha value is -0.480. The van der Waals surface area contributed by atoms with E-state index in [0.29, 0.717) is 27.4 Å². The topological polar surface area (TPSA) is 63.3 Å². The van der Waals surface area contributed by atoms with Crippen molar-refractivity contribution >= 4 is 40.8 Å². The molecule has 0 bridgehead atoms. The second-order valence-electron chi connectivity index (χ2n) is 5.49. The van der Waals surface area contributed by atoms with Gasteiger partial charge in [0.15, 0.2) is 0 Å². The molecule has 0 aromatic heterocycles. The molecule has 22 heavy (non-hydrogen) atoms. The van der Waals surface area contributed by atoms with Gasteiger partial charge in [-0.15, -0.1) is 0 Å². The summed E-state index contributed by atoms with van der Waals surface area (Å²) in [6.07, 6.45) is 4.07. The van der Waals surface area contributed by atoms with Gasteiger partial charge in [0.25, 0.3) is 0 Å². The van der Waals surface area contributed by atoms with Gasteiger partial charge in [-0.05, 0) is 42.9 Å². The fraction of sp³-hybridized carbons (Fsp3) is 0.562. The Kier molecular flexibility index (Phi) is 8.55. The monoisotopic (exact) mass is 365 g/mol. The number of carboxylic acid groups (broad SMARTS) is 1. The molecule has 1 rings (SSSR count). The molecule has 0 aliphatic carbocycles. The van der Waals surface area contributed by atoms with Crippen molar-refractivity contribution in [3.63, 3.8) is 0 Å². The Morgan fingerprint density at radius 1 is 1.27 bits per heavy atom. The van der Waals surface area contributed by atoms with Crippen LogP contribution in [0.15, 0.2) is 12.1 Å². The average Bonchev–Trinajstić information content (AvgIpc) is 2.49. The third kappa shape index (κ3) is 5.62. The summed E-state index contributed by atoms with van der Waals surface area (Å²) in [6, 6.07) is 3.43. The smallest absolute Gasteiger partial charge is 0.307 e. The Labute approximate surface area is 146 Å². The fourth-order valence-electron chi connectivity index (χ4n) is 2.55. The zero-order valence-electron chi connectivity index (χ0n) is 12.6. The predicted molar refractivity (Wildman–Crippen MR) is 93.0 cm³/mol. The highest BCUT2D eigenvalue weighted by atomic mass is 35.5. The first-order chi connectivity index (χ1) is 10.4. The molecule has 1 aromatic rings. The van der Waals surface area contributed by atoms with Crippen molar-refractivity contribution in [3.05, 3.63) is 32.8 Å². The molecule has 3 nitrogen and oxygen atoms in total. The molecular weight excluding hydrogens is 345 g/mol. The second-order valence-corrected chi connectivity index (χ2v) is 6.69. The Morgan fingerprint density at radius 2 is 1.91 bits per heavy atom. The fourth-order valence-corrected chi connectivity index (χ4v) is 3.29. The van der Waals surface area contributed by atoms with Gasteiger partial charge in [-0.25, -0.2) is 0 Å². The van der Waals surface area contributed by atoms with Gasteiger partial charge >= 0.3 is 5.97 Å². The highest BCUT2D eigenvalue weighted by Gasteiger charge is 2.20. The molecule has 0 fully saturated rings. The first-order valence-electron chi connectivity index (χ1n) is 7.45. The van der Waals surface area contributed by atoms with Crippen LogP contribution in [-0.4, -0.2) is 17.6 Å². The summed E-state index contributed by atoms with van der Waals surface area (Å²) >= 11 is 18.4. The Balaban J connectivity index is 2.58. The van der Waals surface area contributed by atoms with Crippen molar-refractivity contribution in [1.29, 1.82) is 0 Å². The lowest BCUT2D eigenvalue weighted by molar-refractivity contribution is -0.142. The Morgan fingerprint density at radius 3 is 2.45 bits per heavy atom. The van der Waals surface area contributed by atoms with E-state index >= 15 is 0 Å². The van der Waals surface area contributed by atoms with E-state index < -0.39 is 11.9 Å². The predicted octanol–water partition coefficient (Wildman–Crippen LogP) is 5.05. The van der Waals surface area contributed by atoms with Crippen LogP contribution >= 0.6 is 34.8 Å². The maximum absolute atomic E-state index is 11.1. The van der Waals surface area contributed by atoms with Crippen molar-refractivity contribution in [2.24, 2.45) is 17.6 Å². The molecule has 0 amide bonds. The van der Waals surface area contributed by atoms with Gasteiger partial charge in [0, 0.05) is 11.6 Å². The summed E-state index contributed by atoms with van der Waals surface area (Å²) in [7, 11) is 0. The molecule has 0 radical (unpaired) electrons. The number of hydrogen-bond donors (Lipinski definition) is 2. The van der Waals surface area contributed by atoms with Crippen molar-refractivity contribution in [2.75, 3.05) is 6.54 Å². The van der Waals surface area contributed by atoms with E-state index in [1.807, 2.05) is 0 Å². The maximum Gasteiger partial charge on any atom is 0.307 e. The van der Waals surface area contributed by atoms with Gasteiger partial charge in [0.2, 0.25) is 0 Å². The number of rotatable bonds is 9. The van der Waals surface area contributed by atoms with Crippen LogP contribution in [0.4, 0.5) is 0 Å². The number of carboxylic acids is 1. The normalized spacial score (nSPS) is 13.9. The lowest BCUT2D eigenvalue weighted by Crippen LogP contribution is -2.25. The van der Waals surface area contributed by atoms with Crippen molar-refractivity contribution < 1.29 is 9.90 Å². The zero-order valence-corrected chi connectivity index (χ0v) is 14.9. The highest BCUT2D eigenvalue weighted by Crippen LogP contribution is 2.33. The summed E-state index contributed by atoms with van der Waals surface area (Å²) in [5.74, 6) is -0.952. The van der Waals surface area contributed by atoms with E-state index in [9.17, 15) is 4.79 Å². The average molecular weight is 367 g/mol. The quantitative estimate of drug-likeness (QED) is 0.601. The van der Waals surface area contributed by atoms with Crippen LogP contribution in [0, 0.1) is 11.8 Å². The van der Waals surface area contributed by atoms with Gasteiger partial charge in [-0.3, -0.25) is 4.79 Å². The first kappa shape index (κ1) is 19.6. The molecule has 0 spiro atoms. The molecule has 0 saturated carbocycles. The van der Waals surface area contributed by atoms with E-state index in [0.717, 1.165) is 31.2 Å². The second kappa shape index (κ2) is 9.61. The molecule has 2 unspecified atom stereocenters. The van der Waals surface area contributed by atoms with Gasteiger partial charge < -0.3 is 10.8 Å². The number of carbonyl (C=O) groups is 1. The van der Waals surface area contributed by atoms with E-state index in [-0.39, 0.29) is 6.54 Å². The number of hydrogen-bond acceptors (Lipinski definition) is 2. The summed E-state index contributed by atoms with van der Waals surface area (Å²) in [5.41, 5.74) is 6.38. The van der Waals surface area contributed by atoms with Crippen molar-refractivity contribution in [2.45, 2.75) is 39.0 Å². The van der Waals surface area contributed by atoms with Crippen LogP contribution in [-0.2, 0) is 11.2 Å². The largest absolute Gasteiger partial charge is 0.481 e. The van der Waals surface area contributed by atoms with Crippen LogP contribution in [0.2, 0.25) is 15.1 Å². The van der Waals surface area contributed by atoms with E-state index in [1.165, 1.54) is 0 Å². The molecule has 0 heterocycles. The van der Waals surface area contributed by atoms with E-state index in [4.69, 9.17) is 45.6 Å². The Bertz CT molecular complexity index is 508. The molecule has 0 saturated heterocycles. The minimum absolute atomic E-state index is 0.178. The van der Waals surface area contributed by atoms with Crippen LogP contribution in [0.3, 0.4) is 0 Å². The molecule has 3 N–H and O–H groups in total. The summed E-state index contributed by atoms with van der Waals surface area (Å²) in [6.45, 7) is 2.25. The lowest BCUT2D eigenvalue weighted by atomic mass is 9.88. The summed E-state index contributed by atoms with van der Waals surface area (Å²) in [4.78, 5) is 11.1. The molecule has 2 atom stereocenters. The maximum atomic E-state index is 11.1. The standard InChI is InChI=1S/C16H22Cl3NO2/c1-2-10(8-11(9-20)16(21)22)4-3-5-12-13(17)6-7-14(18)15(12)19/h6-7,10-11H,2-5,8-9,20H2,1H3,(H,21,22). The lowest BCUT2D eigenvalue weighted by Gasteiger charge is -2.19. The molecule has 124 valence electrons. The molecule has 6 heteroatoms. The number of nitrogens with two attached hydrogens (primary N) is 1. The van der Waals surface area contributed by atoms with Gasteiger partial charge in [-0.1, -0.05) is 54.6 Å². The molecular formula is C16H22Cl3NO2. The van der Waals surface area contributed by atoms with Crippen molar-refractivity contribution in [1.82, 2.24) is 0 Å². The van der Waals surface area contributed by atoms with Crippen molar-refractivity contribution in [3.8, 4) is 0 Å². The SMILES string of the molecule is CCC(CCCc1c(Cl)ccc(Cl)c1Cl)CC(CN)C(=O)O. The summed E-state index contributed by atoms with van der Waals surface area (Å²) < 4.78 is 0. The van der Waals surface area contributed by atoms with Crippen LogP contribution in [0.25, 0.3) is 0 Å². The van der Waals surface area contributed by atoms with Crippen LogP contribution in [0.5, 0.6) is 0 Å². The van der Waals surface area contributed by atoms with Gasteiger partial charge in [0.05, 0.1) is 16.0 Å². The summed E-state index contributed by atoms with van der Waals surface area (Å²) in [5, 5.41) is 10.7. The molecule has 1 aromatic carbocycles. The van der Waals surface area contributed by atoms with E-state index in [1.54, 1.807) is 12.1 Å². The third-order valence-electron chi connectivity index (χ3n) is 4.01. The minimum Gasteiger partial charge on any atom is -0.481 e. The van der Waals surface area contributed by atoms with Gasteiger partial charge in [-0.2, -0.15) is 0 Å². The number of halogens is 3. The van der Waals surface area contributed by atoms with Crippen LogP contribution < -0.4 is 5.73 Å². The number of aliphatic carboxylic acids is 1. The number of benzene rings is 1. The highest BCUT2D eigenvalue weighted by molar-refractivity contribution is 6.44. The van der Waals surface area contributed by atoms with E-state index in [2.05, 4.69) is 6.92 Å². The zero-order chi connectivity index (χ0) is 16.7. The first-order valence-corrected chi connectivity index (χ1v) is 8.59. The molecule has 0 aliphatic heterocycles. The van der Waals surface area contributed by atoms with Gasteiger partial charge in [0.1, 0.15) is 0 Å². The third-order valence-corrected chi connectivity index (χ3v) is 5.20. The molecule has 0 aliphatic rings. The van der Waals surface area contributed by atoms with Crippen LogP contribution in [0.1, 0.15) is 38.2 Å². The minimum atomic E-state index is -0.818.